The summed E-state index contributed by atoms with van der Waals surface area (Å²) in [5.74, 6) is -0.105. The maximum Gasteiger partial charge on any atom is 0.246 e. The van der Waals surface area contributed by atoms with E-state index in [2.05, 4.69) is 36.4 Å². The van der Waals surface area contributed by atoms with E-state index in [1.165, 1.54) is 6.92 Å². The zero-order chi connectivity index (χ0) is 20.2. The van der Waals surface area contributed by atoms with E-state index in [1.807, 2.05) is 53.4 Å². The fourth-order valence-electron chi connectivity index (χ4n) is 3.93. The maximum atomic E-state index is 12.9. The molecule has 1 atom stereocenters. The van der Waals surface area contributed by atoms with Gasteiger partial charge in [-0.3, -0.25) is 9.59 Å². The van der Waals surface area contributed by atoms with Gasteiger partial charge in [-0.25, -0.2) is 0 Å². The summed E-state index contributed by atoms with van der Waals surface area (Å²) in [5, 5.41) is 0. The Morgan fingerprint density at radius 3 is 2.24 bits per heavy atom. The molecule has 3 aromatic carbocycles. The van der Waals surface area contributed by atoms with Crippen molar-refractivity contribution in [3.8, 4) is 11.1 Å². The normalized spacial score (nSPS) is 16.7. The lowest BCUT2D eigenvalue weighted by atomic mass is 10.00. The summed E-state index contributed by atoms with van der Waals surface area (Å²) in [7, 11) is 0. The van der Waals surface area contributed by atoms with E-state index in [4.69, 9.17) is 0 Å². The van der Waals surface area contributed by atoms with Crippen LogP contribution in [0.4, 0.5) is 5.69 Å². The summed E-state index contributed by atoms with van der Waals surface area (Å²) in [4.78, 5) is 28.6. The van der Waals surface area contributed by atoms with Crippen LogP contribution in [0.1, 0.15) is 12.5 Å². The smallest absolute Gasteiger partial charge is 0.246 e. The molecule has 0 N–H and O–H groups in total. The van der Waals surface area contributed by atoms with Crippen LogP contribution in [0, 0.1) is 0 Å². The second kappa shape index (κ2) is 8.31. The number of carbonyl (C=O) groups is 2. The number of amides is 2. The van der Waals surface area contributed by atoms with Gasteiger partial charge in [0.2, 0.25) is 11.8 Å². The first-order valence-corrected chi connectivity index (χ1v) is 9.89. The number of nitrogens with zero attached hydrogens (tertiary/aromatic N) is 2. The standard InChI is InChI=1S/C25H24N2O2/c1-19(28)26-18-25(29)27(17-24(26)15-20-9-4-2-5-10-20)23-14-8-13-22(16-23)21-11-6-3-7-12-21/h2-14,16,24H,15,17-18H2,1H3. The van der Waals surface area contributed by atoms with E-state index in [1.54, 1.807) is 4.90 Å². The minimum atomic E-state index is -0.0584. The molecule has 146 valence electrons. The predicted octanol–water partition coefficient (Wildman–Crippen LogP) is 4.16. The Bertz CT molecular complexity index is 1000. The monoisotopic (exact) mass is 384 g/mol. The molecule has 1 aliphatic rings. The average molecular weight is 384 g/mol. The SMILES string of the molecule is CC(=O)N1CC(=O)N(c2cccc(-c3ccccc3)c2)CC1Cc1ccccc1. The second-order valence-electron chi connectivity index (χ2n) is 7.41. The Hall–Kier alpha value is -3.40. The fraction of sp³-hybridized carbons (Fsp3) is 0.200. The van der Waals surface area contributed by atoms with Gasteiger partial charge in [-0.2, -0.15) is 0 Å². The molecule has 1 saturated heterocycles. The molecule has 3 aromatic rings. The van der Waals surface area contributed by atoms with E-state index >= 15 is 0 Å². The van der Waals surface area contributed by atoms with Gasteiger partial charge in [-0.1, -0.05) is 72.8 Å². The number of hydrogen-bond donors (Lipinski definition) is 0. The number of anilines is 1. The van der Waals surface area contributed by atoms with E-state index in [0.717, 1.165) is 28.8 Å². The van der Waals surface area contributed by atoms with Crippen LogP contribution in [0.15, 0.2) is 84.9 Å². The highest BCUT2D eigenvalue weighted by Gasteiger charge is 2.34. The first-order chi connectivity index (χ1) is 14.1. The molecule has 0 spiro atoms. The van der Waals surface area contributed by atoms with Crippen LogP contribution >= 0.6 is 0 Å². The van der Waals surface area contributed by atoms with Gasteiger partial charge in [0.1, 0.15) is 6.54 Å². The molecule has 1 aliphatic heterocycles. The Morgan fingerprint density at radius 1 is 0.897 bits per heavy atom. The maximum absolute atomic E-state index is 12.9. The number of benzene rings is 3. The minimum absolute atomic E-state index is 0.0466. The van der Waals surface area contributed by atoms with Gasteiger partial charge < -0.3 is 9.80 Å². The summed E-state index contributed by atoms with van der Waals surface area (Å²) in [6.07, 6.45) is 0.725. The molecular weight excluding hydrogens is 360 g/mol. The molecule has 29 heavy (non-hydrogen) atoms. The van der Waals surface area contributed by atoms with Gasteiger partial charge in [0.15, 0.2) is 0 Å². The van der Waals surface area contributed by atoms with Crippen molar-refractivity contribution in [1.82, 2.24) is 4.90 Å². The van der Waals surface area contributed by atoms with E-state index < -0.39 is 0 Å². The third-order valence-electron chi connectivity index (χ3n) is 5.42. The third kappa shape index (κ3) is 4.21. The third-order valence-corrected chi connectivity index (χ3v) is 5.42. The van der Waals surface area contributed by atoms with Crippen LogP contribution in [-0.4, -0.2) is 35.8 Å². The molecule has 4 nitrogen and oxygen atoms in total. The van der Waals surface area contributed by atoms with E-state index in [0.29, 0.717) is 6.54 Å². The van der Waals surface area contributed by atoms with Gasteiger partial charge in [0.05, 0.1) is 6.04 Å². The van der Waals surface area contributed by atoms with Crippen LogP contribution in [0.5, 0.6) is 0 Å². The van der Waals surface area contributed by atoms with Crippen molar-refractivity contribution in [1.29, 1.82) is 0 Å². The van der Waals surface area contributed by atoms with Crippen LogP contribution in [0.3, 0.4) is 0 Å². The van der Waals surface area contributed by atoms with Crippen molar-refractivity contribution in [3.63, 3.8) is 0 Å². The molecule has 1 fully saturated rings. The summed E-state index contributed by atoms with van der Waals surface area (Å²) >= 11 is 0. The quantitative estimate of drug-likeness (QED) is 0.678. The summed E-state index contributed by atoms with van der Waals surface area (Å²) in [6, 6.07) is 28.3. The Kier molecular flexibility index (Phi) is 5.43. The molecular formula is C25H24N2O2. The summed E-state index contributed by atoms with van der Waals surface area (Å²) < 4.78 is 0. The van der Waals surface area contributed by atoms with Gasteiger partial charge in [0, 0.05) is 19.2 Å². The van der Waals surface area contributed by atoms with Gasteiger partial charge >= 0.3 is 0 Å². The molecule has 0 bridgehead atoms. The summed E-state index contributed by atoms with van der Waals surface area (Å²) in [6.45, 7) is 2.14. The van der Waals surface area contributed by atoms with Crippen molar-refractivity contribution in [2.24, 2.45) is 0 Å². The molecule has 1 unspecified atom stereocenters. The van der Waals surface area contributed by atoms with Gasteiger partial charge in [-0.05, 0) is 35.2 Å². The molecule has 0 radical (unpaired) electrons. The van der Waals surface area contributed by atoms with Gasteiger partial charge in [-0.15, -0.1) is 0 Å². The van der Waals surface area contributed by atoms with Crippen molar-refractivity contribution in [2.75, 3.05) is 18.0 Å². The zero-order valence-corrected chi connectivity index (χ0v) is 16.5. The second-order valence-corrected chi connectivity index (χ2v) is 7.41. The molecule has 0 aromatic heterocycles. The van der Waals surface area contributed by atoms with E-state index in [9.17, 15) is 9.59 Å². The van der Waals surface area contributed by atoms with Crippen LogP contribution in [0.25, 0.3) is 11.1 Å². The molecule has 0 saturated carbocycles. The Balaban J connectivity index is 1.62. The molecule has 2 amide bonds. The highest BCUT2D eigenvalue weighted by molar-refractivity contribution is 5.98. The largest absolute Gasteiger partial charge is 0.328 e. The minimum Gasteiger partial charge on any atom is -0.328 e. The number of rotatable bonds is 4. The lowest BCUT2D eigenvalue weighted by Crippen LogP contribution is -2.58. The average Bonchev–Trinajstić information content (AvgIpc) is 2.76. The van der Waals surface area contributed by atoms with Crippen molar-refractivity contribution < 1.29 is 9.59 Å². The van der Waals surface area contributed by atoms with Gasteiger partial charge in [0.25, 0.3) is 0 Å². The highest BCUT2D eigenvalue weighted by atomic mass is 16.2. The van der Waals surface area contributed by atoms with Crippen molar-refractivity contribution in [2.45, 2.75) is 19.4 Å². The van der Waals surface area contributed by atoms with Crippen LogP contribution in [0.2, 0.25) is 0 Å². The number of piperazine rings is 1. The first kappa shape index (κ1) is 18.9. The predicted molar refractivity (Wildman–Crippen MR) is 116 cm³/mol. The molecule has 1 heterocycles. The first-order valence-electron chi connectivity index (χ1n) is 9.89. The number of hydrogen-bond acceptors (Lipinski definition) is 2. The Morgan fingerprint density at radius 2 is 1.55 bits per heavy atom. The molecule has 0 aliphatic carbocycles. The van der Waals surface area contributed by atoms with Crippen LogP contribution in [-0.2, 0) is 16.0 Å². The molecule has 4 rings (SSSR count). The van der Waals surface area contributed by atoms with E-state index in [-0.39, 0.29) is 24.4 Å². The summed E-state index contributed by atoms with van der Waals surface area (Å²) in [5.41, 5.74) is 4.23. The Labute approximate surface area is 171 Å². The topological polar surface area (TPSA) is 40.6 Å². The molecule has 4 heteroatoms. The lowest BCUT2D eigenvalue weighted by molar-refractivity contribution is -0.137. The fourth-order valence-corrected chi connectivity index (χ4v) is 3.93. The van der Waals surface area contributed by atoms with Crippen molar-refractivity contribution in [3.05, 3.63) is 90.5 Å². The van der Waals surface area contributed by atoms with Crippen molar-refractivity contribution >= 4 is 17.5 Å². The van der Waals surface area contributed by atoms with Crippen LogP contribution < -0.4 is 4.90 Å². The highest BCUT2D eigenvalue weighted by Crippen LogP contribution is 2.27. The lowest BCUT2D eigenvalue weighted by Gasteiger charge is -2.41. The zero-order valence-electron chi connectivity index (χ0n) is 16.5. The number of carbonyl (C=O) groups excluding carboxylic acids is 2.